The molecule has 1 N–H and O–H groups in total. The van der Waals surface area contributed by atoms with Crippen molar-refractivity contribution in [3.8, 4) is 21.9 Å². The van der Waals surface area contributed by atoms with Crippen LogP contribution in [0.2, 0.25) is 0 Å². The molecular weight excluding hydrogens is 410 g/mol. The van der Waals surface area contributed by atoms with Crippen LogP contribution in [0, 0.1) is 23.3 Å². The van der Waals surface area contributed by atoms with Crippen LogP contribution < -0.4 is 4.74 Å². The fraction of sp³-hybridized carbons (Fsp3) is 0.0556. The first kappa shape index (κ1) is 19.7. The molecule has 0 radical (unpaired) electrons. The van der Waals surface area contributed by atoms with E-state index in [1.807, 2.05) is 0 Å². The summed E-state index contributed by atoms with van der Waals surface area (Å²) in [5.74, 6) is -8.66. The Bertz CT molecular complexity index is 1040. The van der Waals surface area contributed by atoms with Crippen LogP contribution in [0.15, 0.2) is 36.4 Å². The molecule has 1 heterocycles. The number of phenols is 1. The van der Waals surface area contributed by atoms with Crippen molar-refractivity contribution in [2.75, 3.05) is 0 Å². The van der Waals surface area contributed by atoms with E-state index in [1.165, 1.54) is 12.1 Å². The summed E-state index contributed by atoms with van der Waals surface area (Å²) in [6.07, 6.45) is 0. The highest BCUT2D eigenvalue weighted by atomic mass is 32.1. The van der Waals surface area contributed by atoms with Crippen molar-refractivity contribution in [2.24, 2.45) is 0 Å². The first-order valence-electron chi connectivity index (χ1n) is 7.44. The lowest BCUT2D eigenvalue weighted by Crippen LogP contribution is -2.06. The third-order valence-electron chi connectivity index (χ3n) is 3.62. The smallest absolute Gasteiger partial charge is 0.387 e. The van der Waals surface area contributed by atoms with E-state index < -0.39 is 52.7 Å². The van der Waals surface area contributed by atoms with Crippen LogP contribution in [0.3, 0.4) is 0 Å². The molecule has 0 spiro atoms. The molecule has 2 aromatic carbocycles. The van der Waals surface area contributed by atoms with E-state index in [2.05, 4.69) is 4.74 Å². The van der Waals surface area contributed by atoms with Gasteiger partial charge >= 0.3 is 6.61 Å². The van der Waals surface area contributed by atoms with E-state index in [0.717, 1.165) is 18.2 Å². The van der Waals surface area contributed by atoms with Gasteiger partial charge in [0.05, 0.1) is 10.4 Å². The van der Waals surface area contributed by atoms with Gasteiger partial charge in [0.1, 0.15) is 5.82 Å². The number of benzene rings is 2. The van der Waals surface area contributed by atoms with Gasteiger partial charge in [0.25, 0.3) is 0 Å². The standard InChI is InChI=1S/C18H8F6O3S/c19-8-1-2-11(25)15(22)14(8)16(26)13-4-3-12(28-13)7-5-9(20)17(10(21)6-7)27-18(23)24/h1-6,18,25H. The molecule has 1 aromatic heterocycles. The van der Waals surface area contributed by atoms with Crippen LogP contribution in [-0.4, -0.2) is 17.5 Å². The minimum atomic E-state index is -3.42. The largest absolute Gasteiger partial charge is 0.505 e. The molecule has 0 bridgehead atoms. The Labute approximate surface area is 157 Å². The van der Waals surface area contributed by atoms with Gasteiger partial charge in [0.2, 0.25) is 5.78 Å². The van der Waals surface area contributed by atoms with Crippen molar-refractivity contribution >= 4 is 17.1 Å². The van der Waals surface area contributed by atoms with E-state index in [-0.39, 0.29) is 15.3 Å². The Morgan fingerprint density at radius 2 is 1.61 bits per heavy atom. The van der Waals surface area contributed by atoms with Crippen molar-refractivity contribution < 1.29 is 41.0 Å². The number of phenolic OH excluding ortho intramolecular Hbond substituents is 1. The summed E-state index contributed by atoms with van der Waals surface area (Å²) in [5, 5.41) is 9.31. The van der Waals surface area contributed by atoms with Crippen LogP contribution in [-0.2, 0) is 0 Å². The molecule has 0 aliphatic carbocycles. The second kappa shape index (κ2) is 7.55. The van der Waals surface area contributed by atoms with Gasteiger partial charge in [-0.15, -0.1) is 11.3 Å². The van der Waals surface area contributed by atoms with Crippen LogP contribution in [0.4, 0.5) is 26.3 Å². The topological polar surface area (TPSA) is 46.5 Å². The summed E-state index contributed by atoms with van der Waals surface area (Å²) in [5.41, 5.74) is -1.08. The number of halogens is 6. The van der Waals surface area contributed by atoms with E-state index in [9.17, 15) is 36.2 Å². The number of rotatable bonds is 5. The van der Waals surface area contributed by atoms with Crippen molar-refractivity contribution in [3.05, 3.63) is 70.1 Å². The first-order valence-corrected chi connectivity index (χ1v) is 8.26. The van der Waals surface area contributed by atoms with Gasteiger partial charge < -0.3 is 9.84 Å². The van der Waals surface area contributed by atoms with Gasteiger partial charge in [-0.1, -0.05) is 0 Å². The quantitative estimate of drug-likeness (QED) is 0.439. The monoisotopic (exact) mass is 418 g/mol. The lowest BCUT2D eigenvalue weighted by Gasteiger charge is -2.08. The number of aromatic hydroxyl groups is 1. The van der Waals surface area contributed by atoms with E-state index in [4.69, 9.17) is 0 Å². The average molecular weight is 418 g/mol. The zero-order valence-electron chi connectivity index (χ0n) is 13.5. The highest BCUT2D eigenvalue weighted by Crippen LogP contribution is 2.35. The normalized spacial score (nSPS) is 11.1. The summed E-state index contributed by atoms with van der Waals surface area (Å²) >= 11 is 0.663. The van der Waals surface area contributed by atoms with E-state index in [1.54, 1.807) is 0 Å². The summed E-state index contributed by atoms with van der Waals surface area (Å²) in [4.78, 5) is 12.3. The predicted molar refractivity (Wildman–Crippen MR) is 87.8 cm³/mol. The molecule has 0 aliphatic heterocycles. The summed E-state index contributed by atoms with van der Waals surface area (Å²) in [6, 6.07) is 5.33. The molecule has 0 aliphatic rings. The highest BCUT2D eigenvalue weighted by Gasteiger charge is 2.24. The number of carbonyl (C=O) groups excluding carboxylic acids is 1. The number of hydrogen-bond acceptors (Lipinski definition) is 4. The first-order chi connectivity index (χ1) is 13.2. The van der Waals surface area contributed by atoms with Gasteiger partial charge in [0, 0.05) is 4.88 Å². The number of ketones is 1. The third-order valence-corrected chi connectivity index (χ3v) is 4.75. The van der Waals surface area contributed by atoms with Gasteiger partial charge in [-0.2, -0.15) is 8.78 Å². The Kier molecular flexibility index (Phi) is 5.32. The third kappa shape index (κ3) is 3.68. The van der Waals surface area contributed by atoms with E-state index in [0.29, 0.717) is 17.4 Å². The summed E-state index contributed by atoms with van der Waals surface area (Å²) < 4.78 is 83.5. The molecule has 3 rings (SSSR count). The second-order valence-electron chi connectivity index (χ2n) is 5.40. The van der Waals surface area contributed by atoms with Gasteiger partial charge in [0.15, 0.2) is 29.0 Å². The maximum absolute atomic E-state index is 13.9. The Hall–Kier alpha value is -3.01. The maximum atomic E-state index is 13.9. The molecule has 3 aromatic rings. The summed E-state index contributed by atoms with van der Waals surface area (Å²) in [7, 11) is 0. The predicted octanol–water partition coefficient (Wildman–Crippen LogP) is 5.51. The maximum Gasteiger partial charge on any atom is 0.387 e. The van der Waals surface area contributed by atoms with Crippen LogP contribution in [0.25, 0.3) is 10.4 Å². The molecule has 146 valence electrons. The SMILES string of the molecule is O=C(c1ccc(-c2cc(F)c(OC(F)F)c(F)c2)s1)c1c(F)ccc(O)c1F. The molecule has 10 heteroatoms. The molecular formula is C18H8F6O3S. The Balaban J connectivity index is 1.97. The Morgan fingerprint density at radius 1 is 0.964 bits per heavy atom. The molecule has 0 saturated carbocycles. The van der Waals surface area contributed by atoms with Gasteiger partial charge in [-0.3, -0.25) is 4.79 Å². The zero-order chi connectivity index (χ0) is 20.6. The fourth-order valence-electron chi connectivity index (χ4n) is 2.39. The second-order valence-corrected chi connectivity index (χ2v) is 6.48. The number of ether oxygens (including phenoxy) is 1. The molecule has 28 heavy (non-hydrogen) atoms. The highest BCUT2D eigenvalue weighted by molar-refractivity contribution is 7.17. The number of alkyl halides is 2. The molecule has 0 fully saturated rings. The fourth-order valence-corrected chi connectivity index (χ4v) is 3.33. The Morgan fingerprint density at radius 3 is 2.21 bits per heavy atom. The summed E-state index contributed by atoms with van der Waals surface area (Å²) in [6.45, 7) is -3.42. The molecule has 0 unspecified atom stereocenters. The number of carbonyl (C=O) groups is 1. The van der Waals surface area contributed by atoms with Gasteiger partial charge in [-0.05, 0) is 42.0 Å². The van der Waals surface area contributed by atoms with Gasteiger partial charge in [-0.25, -0.2) is 17.6 Å². The minimum Gasteiger partial charge on any atom is -0.505 e. The lowest BCUT2D eigenvalue weighted by atomic mass is 10.1. The van der Waals surface area contributed by atoms with Crippen LogP contribution in [0.5, 0.6) is 11.5 Å². The van der Waals surface area contributed by atoms with Crippen molar-refractivity contribution in [2.45, 2.75) is 6.61 Å². The van der Waals surface area contributed by atoms with E-state index >= 15 is 0 Å². The molecule has 0 amide bonds. The molecule has 3 nitrogen and oxygen atoms in total. The van der Waals surface area contributed by atoms with Crippen LogP contribution >= 0.6 is 11.3 Å². The minimum absolute atomic E-state index is 0.0995. The zero-order valence-corrected chi connectivity index (χ0v) is 14.3. The average Bonchev–Trinajstić information content (AvgIpc) is 3.11. The number of hydrogen-bond donors (Lipinski definition) is 1. The van der Waals surface area contributed by atoms with Crippen molar-refractivity contribution in [1.82, 2.24) is 0 Å². The van der Waals surface area contributed by atoms with Crippen molar-refractivity contribution in [1.29, 1.82) is 0 Å². The molecule has 0 saturated heterocycles. The molecule has 0 atom stereocenters. The number of thiophene rings is 1. The van der Waals surface area contributed by atoms with Crippen LogP contribution in [0.1, 0.15) is 15.2 Å². The lowest BCUT2D eigenvalue weighted by molar-refractivity contribution is -0.0546. The van der Waals surface area contributed by atoms with Crippen molar-refractivity contribution in [3.63, 3.8) is 0 Å².